The molecule has 0 saturated heterocycles. The number of aryl methyl sites for hydroxylation is 1. The highest BCUT2D eigenvalue weighted by molar-refractivity contribution is 7.90. The van der Waals surface area contributed by atoms with Gasteiger partial charge in [-0.25, -0.2) is 16.8 Å². The van der Waals surface area contributed by atoms with Crippen LogP contribution in [-0.4, -0.2) is 42.0 Å². The number of benzene rings is 1. The third-order valence-corrected chi connectivity index (χ3v) is 7.64. The van der Waals surface area contributed by atoms with Crippen LogP contribution in [0.15, 0.2) is 41.6 Å². The first kappa shape index (κ1) is 19.2. The summed E-state index contributed by atoms with van der Waals surface area (Å²) in [6, 6.07) is 4.18. The Balaban J connectivity index is 1.98. The number of hydrogen-bond donors (Lipinski definition) is 0. The molecule has 0 unspecified atom stereocenters. The van der Waals surface area contributed by atoms with Crippen LogP contribution in [0, 0.1) is 12.7 Å². The number of nitrogens with zero attached hydrogens (tertiary/aromatic N) is 3. The normalized spacial score (nSPS) is 16.0. The van der Waals surface area contributed by atoms with Crippen LogP contribution in [0.4, 0.5) is 4.39 Å². The molecule has 1 aromatic carbocycles. The fourth-order valence-corrected chi connectivity index (χ4v) is 5.96. The van der Waals surface area contributed by atoms with Crippen molar-refractivity contribution in [3.8, 4) is 0 Å². The Morgan fingerprint density at radius 3 is 2.54 bits per heavy atom. The standard InChI is InChI=1S/C20H21ClFN3O2S/c1-13-20(18(21)12-24(13)3)28(26,27)25-11-17(14-6-8-23(2)9-7-14)16-10-15(22)4-5-19(16)25/h4-6,10-12H,7-9H2,1-3H3. The van der Waals surface area contributed by atoms with Gasteiger partial charge in [0.2, 0.25) is 0 Å². The van der Waals surface area contributed by atoms with E-state index in [1.54, 1.807) is 30.9 Å². The molecule has 0 bridgehead atoms. The molecule has 1 aliphatic heterocycles. The molecule has 0 N–H and O–H groups in total. The van der Waals surface area contributed by atoms with Crippen LogP contribution in [0.5, 0.6) is 0 Å². The molecule has 1 aliphatic rings. The van der Waals surface area contributed by atoms with Crippen molar-refractivity contribution in [2.75, 3.05) is 20.1 Å². The Labute approximate surface area is 168 Å². The van der Waals surface area contributed by atoms with Crippen LogP contribution in [0.1, 0.15) is 17.7 Å². The average Bonchev–Trinajstić information content (AvgIpc) is 3.13. The van der Waals surface area contributed by atoms with Crippen LogP contribution in [-0.2, 0) is 17.1 Å². The Kier molecular flexibility index (Phi) is 4.64. The van der Waals surface area contributed by atoms with Gasteiger partial charge in [0.15, 0.2) is 0 Å². The molecular weight excluding hydrogens is 401 g/mol. The molecule has 0 amide bonds. The minimum absolute atomic E-state index is 0.0711. The summed E-state index contributed by atoms with van der Waals surface area (Å²) >= 11 is 6.24. The Bertz CT molecular complexity index is 1220. The van der Waals surface area contributed by atoms with Gasteiger partial charge in [0, 0.05) is 49.2 Å². The minimum atomic E-state index is -3.94. The third-order valence-electron chi connectivity index (χ3n) is 5.39. The molecule has 3 aromatic rings. The van der Waals surface area contributed by atoms with Gasteiger partial charge in [-0.2, -0.15) is 0 Å². The van der Waals surface area contributed by atoms with Gasteiger partial charge in [0.05, 0.1) is 10.5 Å². The van der Waals surface area contributed by atoms with Crippen LogP contribution >= 0.6 is 11.6 Å². The Morgan fingerprint density at radius 2 is 1.93 bits per heavy atom. The summed E-state index contributed by atoms with van der Waals surface area (Å²) in [6.45, 7) is 3.35. The number of halogens is 2. The van der Waals surface area contributed by atoms with E-state index in [1.165, 1.54) is 22.2 Å². The largest absolute Gasteiger partial charge is 0.352 e. The average molecular weight is 422 g/mol. The maximum absolute atomic E-state index is 14.0. The molecule has 8 heteroatoms. The highest BCUT2D eigenvalue weighted by Gasteiger charge is 2.28. The number of rotatable bonds is 3. The lowest BCUT2D eigenvalue weighted by atomic mass is 9.99. The summed E-state index contributed by atoms with van der Waals surface area (Å²) in [5, 5.41) is 0.758. The zero-order valence-corrected chi connectivity index (χ0v) is 17.5. The first-order valence-electron chi connectivity index (χ1n) is 8.95. The molecule has 0 spiro atoms. The van der Waals surface area contributed by atoms with E-state index in [0.717, 1.165) is 30.6 Å². The van der Waals surface area contributed by atoms with Gasteiger partial charge in [-0.05, 0) is 44.2 Å². The molecular formula is C20H21ClFN3O2S. The van der Waals surface area contributed by atoms with Gasteiger partial charge in [-0.15, -0.1) is 0 Å². The Hall–Kier alpha value is -2.09. The quantitative estimate of drug-likeness (QED) is 0.641. The van der Waals surface area contributed by atoms with E-state index < -0.39 is 15.8 Å². The molecule has 0 saturated carbocycles. The molecule has 0 fully saturated rings. The topological polar surface area (TPSA) is 47.2 Å². The van der Waals surface area contributed by atoms with Gasteiger partial charge < -0.3 is 9.47 Å². The first-order valence-corrected chi connectivity index (χ1v) is 10.8. The van der Waals surface area contributed by atoms with Gasteiger partial charge >= 0.3 is 0 Å². The van der Waals surface area contributed by atoms with Gasteiger partial charge in [-0.3, -0.25) is 0 Å². The number of likely N-dealkylation sites (N-methyl/N-ethyl adjacent to an activating group) is 1. The molecule has 3 heterocycles. The predicted molar refractivity (Wildman–Crippen MR) is 110 cm³/mol. The summed E-state index contributed by atoms with van der Waals surface area (Å²) in [5.74, 6) is -0.397. The lowest BCUT2D eigenvalue weighted by Crippen LogP contribution is -2.23. The molecule has 0 aliphatic carbocycles. The Morgan fingerprint density at radius 1 is 1.18 bits per heavy atom. The fourth-order valence-electron chi connectivity index (χ4n) is 3.71. The van der Waals surface area contributed by atoms with E-state index >= 15 is 0 Å². The van der Waals surface area contributed by atoms with Crippen molar-refractivity contribution < 1.29 is 12.8 Å². The van der Waals surface area contributed by atoms with E-state index in [4.69, 9.17) is 11.6 Å². The van der Waals surface area contributed by atoms with E-state index in [9.17, 15) is 12.8 Å². The summed E-state index contributed by atoms with van der Waals surface area (Å²) in [5.41, 5.74) is 2.76. The van der Waals surface area contributed by atoms with E-state index in [2.05, 4.69) is 11.0 Å². The van der Waals surface area contributed by atoms with Crippen LogP contribution in [0.2, 0.25) is 5.02 Å². The highest BCUT2D eigenvalue weighted by Crippen LogP contribution is 2.35. The monoisotopic (exact) mass is 421 g/mol. The smallest absolute Gasteiger partial charge is 0.271 e. The number of aromatic nitrogens is 2. The molecule has 4 rings (SSSR count). The van der Waals surface area contributed by atoms with E-state index in [1.807, 2.05) is 7.05 Å². The number of hydrogen-bond acceptors (Lipinski definition) is 3. The summed E-state index contributed by atoms with van der Waals surface area (Å²) in [4.78, 5) is 2.24. The van der Waals surface area contributed by atoms with Crippen molar-refractivity contribution >= 4 is 38.1 Å². The third kappa shape index (κ3) is 2.98. The molecule has 148 valence electrons. The van der Waals surface area contributed by atoms with Crippen molar-refractivity contribution in [2.45, 2.75) is 18.2 Å². The summed E-state index contributed by atoms with van der Waals surface area (Å²) < 4.78 is 43.9. The predicted octanol–water partition coefficient (Wildman–Crippen LogP) is 4.04. The van der Waals surface area contributed by atoms with Crippen molar-refractivity contribution in [1.82, 2.24) is 13.4 Å². The molecule has 5 nitrogen and oxygen atoms in total. The van der Waals surface area contributed by atoms with Crippen LogP contribution < -0.4 is 0 Å². The minimum Gasteiger partial charge on any atom is -0.352 e. The first-order chi connectivity index (χ1) is 13.2. The van der Waals surface area contributed by atoms with Gasteiger partial charge in [0.25, 0.3) is 10.0 Å². The van der Waals surface area contributed by atoms with Gasteiger partial charge in [-0.1, -0.05) is 17.7 Å². The second kappa shape index (κ2) is 6.76. The summed E-state index contributed by atoms with van der Waals surface area (Å²) in [6.07, 6.45) is 6.02. The van der Waals surface area contributed by atoms with Crippen LogP contribution in [0.3, 0.4) is 0 Å². The van der Waals surface area contributed by atoms with E-state index in [-0.39, 0.29) is 9.92 Å². The highest BCUT2D eigenvalue weighted by atomic mass is 35.5. The maximum atomic E-state index is 14.0. The number of fused-ring (bicyclic) bond motifs is 1. The second-order valence-electron chi connectivity index (χ2n) is 7.25. The lowest BCUT2D eigenvalue weighted by molar-refractivity contribution is 0.370. The van der Waals surface area contributed by atoms with Crippen molar-refractivity contribution in [3.63, 3.8) is 0 Å². The van der Waals surface area contributed by atoms with Crippen molar-refractivity contribution in [2.24, 2.45) is 7.05 Å². The zero-order chi connectivity index (χ0) is 20.2. The molecule has 28 heavy (non-hydrogen) atoms. The molecule has 0 radical (unpaired) electrons. The van der Waals surface area contributed by atoms with Crippen molar-refractivity contribution in [1.29, 1.82) is 0 Å². The van der Waals surface area contributed by atoms with Crippen LogP contribution in [0.25, 0.3) is 16.5 Å². The zero-order valence-electron chi connectivity index (χ0n) is 15.9. The second-order valence-corrected chi connectivity index (χ2v) is 9.41. The van der Waals surface area contributed by atoms with Gasteiger partial charge in [0.1, 0.15) is 10.7 Å². The summed E-state index contributed by atoms with van der Waals surface area (Å²) in [7, 11) is -0.167. The SMILES string of the molecule is Cc1c(S(=O)(=O)n2cc(C3=CCN(C)CC3)c3cc(F)ccc32)c(Cl)cn1C. The molecule has 0 atom stereocenters. The lowest BCUT2D eigenvalue weighted by Gasteiger charge is -2.21. The maximum Gasteiger partial charge on any atom is 0.271 e. The van der Waals surface area contributed by atoms with E-state index in [0.29, 0.717) is 16.6 Å². The molecule has 2 aromatic heterocycles. The fraction of sp³-hybridized carbons (Fsp3) is 0.300. The van der Waals surface area contributed by atoms with Crippen molar-refractivity contribution in [3.05, 3.63) is 58.8 Å².